The first-order valence-corrected chi connectivity index (χ1v) is 7.59. The zero-order valence-corrected chi connectivity index (χ0v) is 12.3. The average molecular weight is 259 g/mol. The highest BCUT2D eigenvalue weighted by Gasteiger charge is 2.38. The molecule has 1 aliphatic heterocycles. The van der Waals surface area contributed by atoms with Crippen molar-refractivity contribution in [1.29, 1.82) is 0 Å². The van der Waals surface area contributed by atoms with Crippen molar-refractivity contribution >= 4 is 5.82 Å². The van der Waals surface area contributed by atoms with Gasteiger partial charge in [-0.1, -0.05) is 13.8 Å². The summed E-state index contributed by atoms with van der Waals surface area (Å²) in [4.78, 5) is 7.29. The van der Waals surface area contributed by atoms with Crippen LogP contribution < -0.4 is 10.2 Å². The van der Waals surface area contributed by atoms with Gasteiger partial charge in [0.2, 0.25) is 0 Å². The molecular formula is C16H25N3. The smallest absolute Gasteiger partial charge is 0.131 e. The van der Waals surface area contributed by atoms with Gasteiger partial charge in [-0.05, 0) is 49.3 Å². The molecule has 0 aromatic carbocycles. The minimum atomic E-state index is 0.522. The lowest BCUT2D eigenvalue weighted by Crippen LogP contribution is -2.33. The van der Waals surface area contributed by atoms with Crippen LogP contribution in [0, 0.1) is 12.8 Å². The van der Waals surface area contributed by atoms with Gasteiger partial charge in [-0.15, -0.1) is 0 Å². The molecule has 2 aliphatic rings. The molecule has 1 N–H and O–H groups in total. The van der Waals surface area contributed by atoms with Crippen LogP contribution in [0.25, 0.3) is 0 Å². The normalized spacial score (nSPS) is 25.6. The lowest BCUT2D eigenvalue weighted by Gasteiger charge is -2.29. The number of pyridine rings is 1. The molecule has 3 heteroatoms. The van der Waals surface area contributed by atoms with Crippen molar-refractivity contribution in [3.05, 3.63) is 23.4 Å². The molecule has 19 heavy (non-hydrogen) atoms. The van der Waals surface area contributed by atoms with Crippen LogP contribution in [0.2, 0.25) is 0 Å². The molecule has 1 saturated carbocycles. The van der Waals surface area contributed by atoms with Gasteiger partial charge in [0.1, 0.15) is 5.82 Å². The van der Waals surface area contributed by atoms with E-state index in [4.69, 9.17) is 4.98 Å². The van der Waals surface area contributed by atoms with Crippen molar-refractivity contribution in [3.63, 3.8) is 0 Å². The van der Waals surface area contributed by atoms with Gasteiger partial charge in [-0.2, -0.15) is 0 Å². The molecule has 104 valence electrons. The first-order valence-electron chi connectivity index (χ1n) is 7.59. The van der Waals surface area contributed by atoms with Crippen LogP contribution in [-0.2, 0) is 6.54 Å². The predicted molar refractivity (Wildman–Crippen MR) is 79.4 cm³/mol. The molecule has 3 rings (SSSR count). The number of anilines is 1. The molecule has 1 aliphatic carbocycles. The molecule has 3 nitrogen and oxygen atoms in total. The van der Waals surface area contributed by atoms with E-state index < -0.39 is 0 Å². The quantitative estimate of drug-likeness (QED) is 0.901. The number of hydrogen-bond acceptors (Lipinski definition) is 3. The lowest BCUT2D eigenvalue weighted by atomic mass is 10.1. The molecular weight excluding hydrogens is 234 g/mol. The largest absolute Gasteiger partial charge is 0.353 e. The third-order valence-corrected chi connectivity index (χ3v) is 4.50. The van der Waals surface area contributed by atoms with Gasteiger partial charge in [-0.3, -0.25) is 0 Å². The van der Waals surface area contributed by atoms with Crippen LogP contribution >= 0.6 is 0 Å². The van der Waals surface area contributed by atoms with Crippen LogP contribution in [0.3, 0.4) is 0 Å². The highest BCUT2D eigenvalue weighted by atomic mass is 15.2. The summed E-state index contributed by atoms with van der Waals surface area (Å²) in [6, 6.07) is 3.58. The number of piperidine rings is 1. The number of nitrogens with zero attached hydrogens (tertiary/aromatic N) is 2. The topological polar surface area (TPSA) is 28.2 Å². The minimum Gasteiger partial charge on any atom is -0.353 e. The van der Waals surface area contributed by atoms with E-state index in [0.717, 1.165) is 18.5 Å². The third kappa shape index (κ3) is 2.62. The maximum absolute atomic E-state index is 4.74. The fourth-order valence-corrected chi connectivity index (χ4v) is 3.53. The second kappa shape index (κ2) is 5.12. The summed E-state index contributed by atoms with van der Waals surface area (Å²) >= 11 is 0. The highest BCUT2D eigenvalue weighted by molar-refractivity contribution is 5.50. The molecule has 0 spiro atoms. The van der Waals surface area contributed by atoms with E-state index in [1.165, 1.54) is 42.8 Å². The number of rotatable bonds is 4. The van der Waals surface area contributed by atoms with Gasteiger partial charge in [0.25, 0.3) is 0 Å². The number of nitrogens with one attached hydrogen (secondary N) is 1. The Balaban J connectivity index is 1.73. The van der Waals surface area contributed by atoms with Crippen molar-refractivity contribution in [3.8, 4) is 0 Å². The Hall–Kier alpha value is -1.09. The van der Waals surface area contributed by atoms with Crippen molar-refractivity contribution < 1.29 is 0 Å². The van der Waals surface area contributed by atoms with E-state index in [-0.39, 0.29) is 0 Å². The van der Waals surface area contributed by atoms with Crippen LogP contribution in [0.1, 0.15) is 44.2 Å². The maximum Gasteiger partial charge on any atom is 0.131 e. The summed E-state index contributed by atoms with van der Waals surface area (Å²) in [5.74, 6) is 2.15. The Labute approximate surface area is 116 Å². The van der Waals surface area contributed by atoms with E-state index >= 15 is 0 Å². The van der Waals surface area contributed by atoms with E-state index in [9.17, 15) is 0 Å². The number of aryl methyl sites for hydroxylation is 1. The number of fused-ring (bicyclic) bond motifs is 2. The number of hydrogen-bond donors (Lipinski definition) is 1. The van der Waals surface area contributed by atoms with Gasteiger partial charge >= 0.3 is 0 Å². The van der Waals surface area contributed by atoms with Gasteiger partial charge in [0.15, 0.2) is 0 Å². The van der Waals surface area contributed by atoms with Crippen LogP contribution in [0.4, 0.5) is 5.82 Å². The van der Waals surface area contributed by atoms with E-state index in [1.807, 2.05) is 6.20 Å². The second-order valence-corrected chi connectivity index (χ2v) is 6.50. The van der Waals surface area contributed by atoms with Crippen molar-refractivity contribution in [1.82, 2.24) is 10.3 Å². The van der Waals surface area contributed by atoms with Gasteiger partial charge in [0, 0.05) is 31.4 Å². The van der Waals surface area contributed by atoms with E-state index in [1.54, 1.807) is 0 Å². The van der Waals surface area contributed by atoms with Crippen molar-refractivity contribution in [2.45, 2.75) is 58.7 Å². The summed E-state index contributed by atoms with van der Waals surface area (Å²) in [6.45, 7) is 8.69. The van der Waals surface area contributed by atoms with Gasteiger partial charge < -0.3 is 10.2 Å². The molecule has 2 atom stereocenters. The average Bonchev–Trinajstić information content (AvgIpc) is 2.98. The Bertz CT molecular complexity index is 455. The SMILES string of the molecule is Cc1cc(CNC(C)C)cnc1N1CC2CCC1C2. The predicted octanol–water partition coefficient (Wildman–Crippen LogP) is 2.88. The third-order valence-electron chi connectivity index (χ3n) is 4.50. The Morgan fingerprint density at radius 3 is 2.84 bits per heavy atom. The fraction of sp³-hybridized carbons (Fsp3) is 0.688. The van der Waals surface area contributed by atoms with Crippen molar-refractivity contribution in [2.75, 3.05) is 11.4 Å². The molecule has 2 fully saturated rings. The molecule has 0 radical (unpaired) electrons. The molecule has 0 amide bonds. The van der Waals surface area contributed by atoms with Gasteiger partial charge in [0.05, 0.1) is 0 Å². The Kier molecular flexibility index (Phi) is 3.48. The molecule has 2 heterocycles. The van der Waals surface area contributed by atoms with E-state index in [0.29, 0.717) is 6.04 Å². The lowest BCUT2D eigenvalue weighted by molar-refractivity contribution is 0.549. The summed E-state index contributed by atoms with van der Waals surface area (Å²) in [7, 11) is 0. The molecule has 1 aromatic heterocycles. The van der Waals surface area contributed by atoms with E-state index in [2.05, 4.69) is 37.1 Å². The standard InChI is InChI=1S/C16H25N3/c1-11(2)17-8-14-6-12(3)16(18-9-14)19-10-13-4-5-15(19)7-13/h6,9,11,13,15,17H,4-5,7-8,10H2,1-3H3. The van der Waals surface area contributed by atoms with Crippen LogP contribution in [0.5, 0.6) is 0 Å². The minimum absolute atomic E-state index is 0.522. The molecule has 1 saturated heterocycles. The van der Waals surface area contributed by atoms with Crippen LogP contribution in [-0.4, -0.2) is 23.6 Å². The number of aromatic nitrogens is 1. The monoisotopic (exact) mass is 259 g/mol. The van der Waals surface area contributed by atoms with Crippen molar-refractivity contribution in [2.24, 2.45) is 5.92 Å². The summed E-state index contributed by atoms with van der Waals surface area (Å²) in [5, 5.41) is 3.45. The molecule has 2 unspecified atom stereocenters. The zero-order chi connectivity index (χ0) is 13.4. The first kappa shape index (κ1) is 12.9. The summed E-state index contributed by atoms with van der Waals surface area (Å²) < 4.78 is 0. The zero-order valence-electron chi connectivity index (χ0n) is 12.3. The second-order valence-electron chi connectivity index (χ2n) is 6.50. The van der Waals surface area contributed by atoms with Crippen LogP contribution in [0.15, 0.2) is 12.3 Å². The summed E-state index contributed by atoms with van der Waals surface area (Å²) in [6.07, 6.45) is 6.22. The Morgan fingerprint density at radius 2 is 2.26 bits per heavy atom. The molecule has 1 aromatic rings. The highest BCUT2D eigenvalue weighted by Crippen LogP contribution is 2.40. The fourth-order valence-electron chi connectivity index (χ4n) is 3.53. The summed E-state index contributed by atoms with van der Waals surface area (Å²) in [5.41, 5.74) is 2.62. The first-order chi connectivity index (χ1) is 9.13. The molecule has 2 bridgehead atoms. The maximum atomic E-state index is 4.74. The van der Waals surface area contributed by atoms with Gasteiger partial charge in [-0.25, -0.2) is 4.98 Å². The Morgan fingerprint density at radius 1 is 1.42 bits per heavy atom.